The van der Waals surface area contributed by atoms with Crippen LogP contribution in [0.25, 0.3) is 44.6 Å². The second-order valence-corrected chi connectivity index (χ2v) is 6.68. The summed E-state index contributed by atoms with van der Waals surface area (Å²) < 4.78 is 11.7. The fourth-order valence-electron chi connectivity index (χ4n) is 3.81. The molecule has 0 saturated heterocycles. The van der Waals surface area contributed by atoms with Gasteiger partial charge in [0.25, 0.3) is 0 Å². The van der Waals surface area contributed by atoms with Crippen molar-refractivity contribution in [2.75, 3.05) is 0 Å². The van der Waals surface area contributed by atoms with Crippen LogP contribution in [0.5, 0.6) is 5.75 Å². The molecule has 0 fully saturated rings. The number of oxazole rings is 1. The van der Waals surface area contributed by atoms with Gasteiger partial charge in [-0.05, 0) is 23.8 Å². The first-order chi connectivity index (χ1) is 13.9. The Labute approximate surface area is 159 Å². The van der Waals surface area contributed by atoms with Crippen LogP contribution in [-0.2, 0) is 6.61 Å². The van der Waals surface area contributed by atoms with Crippen molar-refractivity contribution in [3.63, 3.8) is 0 Å². The molecule has 4 heterocycles. The second-order valence-electron chi connectivity index (χ2n) is 6.68. The highest BCUT2D eigenvalue weighted by Gasteiger charge is 2.26. The number of hydrogen-bond acceptors (Lipinski definition) is 5. The Morgan fingerprint density at radius 2 is 1.96 bits per heavy atom. The highest BCUT2D eigenvalue weighted by molar-refractivity contribution is 5.99. The molecule has 0 atom stereocenters. The lowest BCUT2D eigenvalue weighted by Crippen LogP contribution is -2.09. The van der Waals surface area contributed by atoms with E-state index in [0.29, 0.717) is 12.4 Å². The Kier molecular flexibility index (Phi) is 3.13. The maximum absolute atomic E-state index is 6.08. The molecule has 1 N–H and O–H groups in total. The van der Waals surface area contributed by atoms with E-state index in [1.807, 2.05) is 36.5 Å². The third kappa shape index (κ3) is 2.18. The quantitative estimate of drug-likeness (QED) is 0.484. The molecular formula is C22H14N4O2. The molecule has 28 heavy (non-hydrogen) atoms. The average molecular weight is 366 g/mol. The van der Waals surface area contributed by atoms with Crippen LogP contribution in [0.2, 0.25) is 0 Å². The molecule has 1 aliphatic rings. The zero-order valence-electron chi connectivity index (χ0n) is 14.7. The van der Waals surface area contributed by atoms with Gasteiger partial charge in [0.1, 0.15) is 12.4 Å². The van der Waals surface area contributed by atoms with Crippen molar-refractivity contribution in [3.05, 3.63) is 73.0 Å². The first-order valence-corrected chi connectivity index (χ1v) is 8.95. The largest absolute Gasteiger partial charge is 0.488 e. The first-order valence-electron chi connectivity index (χ1n) is 8.95. The van der Waals surface area contributed by atoms with Crippen LogP contribution in [0, 0.1) is 0 Å². The first kappa shape index (κ1) is 15.2. The zero-order valence-corrected chi connectivity index (χ0v) is 14.7. The summed E-state index contributed by atoms with van der Waals surface area (Å²) in [6.07, 6.45) is 6.87. The second kappa shape index (κ2) is 5.79. The SMILES string of the molecule is c1ccc2c(-c3cnco3)c3c(nc2c1)-c1cc(-c2cn[nH]c2)ccc1OC3. The summed E-state index contributed by atoms with van der Waals surface area (Å²) in [5.74, 6) is 1.54. The van der Waals surface area contributed by atoms with Crippen LogP contribution < -0.4 is 4.74 Å². The number of fused-ring (bicyclic) bond motifs is 4. The van der Waals surface area contributed by atoms with Gasteiger partial charge in [0.05, 0.1) is 23.6 Å². The van der Waals surface area contributed by atoms with Crippen LogP contribution in [-0.4, -0.2) is 20.2 Å². The van der Waals surface area contributed by atoms with Crippen molar-refractivity contribution in [1.82, 2.24) is 20.2 Å². The Morgan fingerprint density at radius 1 is 1.00 bits per heavy atom. The van der Waals surface area contributed by atoms with Gasteiger partial charge in [-0.25, -0.2) is 9.97 Å². The average Bonchev–Trinajstić information content (AvgIpc) is 3.46. The fraction of sp³-hybridized carbons (Fsp3) is 0.0455. The van der Waals surface area contributed by atoms with Gasteiger partial charge in [0.15, 0.2) is 12.2 Å². The molecule has 0 radical (unpaired) electrons. The van der Waals surface area contributed by atoms with Crippen molar-refractivity contribution in [2.24, 2.45) is 0 Å². The van der Waals surface area contributed by atoms with Crippen LogP contribution in [0.15, 0.2) is 71.9 Å². The maximum Gasteiger partial charge on any atom is 0.181 e. The number of ether oxygens (including phenoxy) is 1. The van der Waals surface area contributed by atoms with Crippen molar-refractivity contribution in [2.45, 2.75) is 6.61 Å². The van der Waals surface area contributed by atoms with Crippen molar-refractivity contribution in [1.29, 1.82) is 0 Å². The summed E-state index contributed by atoms with van der Waals surface area (Å²) in [4.78, 5) is 9.09. The number of para-hydroxylation sites is 1. The van der Waals surface area contributed by atoms with Gasteiger partial charge < -0.3 is 9.15 Å². The Balaban J connectivity index is 1.67. The summed E-state index contributed by atoms with van der Waals surface area (Å²) in [5, 5.41) is 7.94. The van der Waals surface area contributed by atoms with Crippen molar-refractivity contribution >= 4 is 10.9 Å². The van der Waals surface area contributed by atoms with Gasteiger partial charge in [-0.15, -0.1) is 0 Å². The minimum Gasteiger partial charge on any atom is -0.488 e. The standard InChI is InChI=1S/C22H14N4O2/c1-2-4-18-15(3-1)21(20-10-23-12-28-20)17-11-27-19-6-5-13(14-8-24-25-9-14)7-16(19)22(17)26-18/h1-10,12H,11H2,(H,24,25). The van der Waals surface area contributed by atoms with Gasteiger partial charge >= 0.3 is 0 Å². The highest BCUT2D eigenvalue weighted by atomic mass is 16.5. The highest BCUT2D eigenvalue weighted by Crippen LogP contribution is 2.44. The summed E-state index contributed by atoms with van der Waals surface area (Å²) in [6.45, 7) is 0.432. The molecule has 0 amide bonds. The third-order valence-electron chi connectivity index (χ3n) is 5.11. The summed E-state index contributed by atoms with van der Waals surface area (Å²) in [7, 11) is 0. The number of H-pyrrole nitrogens is 1. The van der Waals surface area contributed by atoms with Gasteiger partial charge in [-0.2, -0.15) is 5.10 Å². The van der Waals surface area contributed by atoms with Crippen LogP contribution in [0.1, 0.15) is 5.56 Å². The Bertz CT molecular complexity index is 1310. The molecule has 3 aromatic heterocycles. The minimum atomic E-state index is 0.432. The normalized spacial score (nSPS) is 12.4. The Morgan fingerprint density at radius 3 is 2.82 bits per heavy atom. The molecular weight excluding hydrogens is 352 g/mol. The van der Waals surface area contributed by atoms with Gasteiger partial charge in [-0.3, -0.25) is 5.10 Å². The number of aromatic nitrogens is 4. The molecule has 0 spiro atoms. The van der Waals surface area contributed by atoms with E-state index >= 15 is 0 Å². The van der Waals surface area contributed by atoms with E-state index in [-0.39, 0.29) is 0 Å². The van der Waals surface area contributed by atoms with Crippen molar-refractivity contribution in [3.8, 4) is 39.5 Å². The van der Waals surface area contributed by atoms with Crippen molar-refractivity contribution < 1.29 is 9.15 Å². The van der Waals surface area contributed by atoms with Gasteiger partial charge in [0.2, 0.25) is 0 Å². The Hall–Kier alpha value is -3.93. The fourth-order valence-corrected chi connectivity index (χ4v) is 3.81. The third-order valence-corrected chi connectivity index (χ3v) is 5.11. The lowest BCUT2D eigenvalue weighted by atomic mass is 9.92. The zero-order chi connectivity index (χ0) is 18.5. The number of benzene rings is 2. The van der Waals surface area contributed by atoms with Crippen LogP contribution in [0.3, 0.4) is 0 Å². The molecule has 0 saturated carbocycles. The van der Waals surface area contributed by atoms with Crippen LogP contribution in [0.4, 0.5) is 0 Å². The molecule has 0 bridgehead atoms. The summed E-state index contributed by atoms with van der Waals surface area (Å²) in [5.41, 5.74) is 6.86. The van der Waals surface area contributed by atoms with E-state index in [1.165, 1.54) is 6.39 Å². The lowest BCUT2D eigenvalue weighted by Gasteiger charge is -2.23. The minimum absolute atomic E-state index is 0.432. The molecule has 6 rings (SSSR count). The molecule has 5 aromatic rings. The van der Waals surface area contributed by atoms with Gasteiger partial charge in [0, 0.05) is 33.8 Å². The van der Waals surface area contributed by atoms with E-state index in [0.717, 1.165) is 50.2 Å². The lowest BCUT2D eigenvalue weighted by molar-refractivity contribution is 0.302. The number of pyridine rings is 1. The molecule has 0 aliphatic carbocycles. The number of rotatable bonds is 2. The molecule has 134 valence electrons. The predicted molar refractivity (Wildman–Crippen MR) is 105 cm³/mol. The maximum atomic E-state index is 6.08. The number of hydrogen-bond donors (Lipinski definition) is 1. The van der Waals surface area contributed by atoms with Gasteiger partial charge in [-0.1, -0.05) is 24.3 Å². The molecule has 1 aliphatic heterocycles. The smallest absolute Gasteiger partial charge is 0.181 e. The van der Waals surface area contributed by atoms with E-state index in [9.17, 15) is 0 Å². The van der Waals surface area contributed by atoms with E-state index in [1.54, 1.807) is 12.4 Å². The topological polar surface area (TPSA) is 76.8 Å². The predicted octanol–water partition coefficient (Wildman–Crippen LogP) is 4.84. The van der Waals surface area contributed by atoms with E-state index in [2.05, 4.69) is 27.3 Å². The summed E-state index contributed by atoms with van der Waals surface area (Å²) in [6, 6.07) is 14.2. The molecule has 0 unspecified atom stereocenters. The van der Waals surface area contributed by atoms with E-state index < -0.39 is 0 Å². The van der Waals surface area contributed by atoms with Crippen LogP contribution >= 0.6 is 0 Å². The van der Waals surface area contributed by atoms with E-state index in [4.69, 9.17) is 14.1 Å². The monoisotopic (exact) mass is 366 g/mol. The number of nitrogens with zero attached hydrogens (tertiary/aromatic N) is 3. The molecule has 6 heteroatoms. The molecule has 2 aromatic carbocycles. The number of aromatic amines is 1. The molecule has 6 nitrogen and oxygen atoms in total. The summed E-state index contributed by atoms with van der Waals surface area (Å²) >= 11 is 0. The number of nitrogens with one attached hydrogen (secondary N) is 1.